The summed E-state index contributed by atoms with van der Waals surface area (Å²) in [6.07, 6.45) is 4.92. The molecule has 2 aliphatic rings. The van der Waals surface area contributed by atoms with Crippen molar-refractivity contribution in [3.05, 3.63) is 0 Å². The topological polar surface area (TPSA) is 46.2 Å². The fourth-order valence-electron chi connectivity index (χ4n) is 2.02. The normalized spacial score (nSPS) is 35.2. The van der Waals surface area contributed by atoms with Crippen LogP contribution in [0.25, 0.3) is 0 Å². The Morgan fingerprint density at radius 1 is 1.15 bits per heavy atom. The molecule has 4 heteroatoms. The van der Waals surface area contributed by atoms with Crippen LogP contribution in [0, 0.1) is 5.92 Å². The van der Waals surface area contributed by atoms with Gasteiger partial charge in [0.1, 0.15) is 0 Å². The van der Waals surface area contributed by atoms with Crippen molar-refractivity contribution in [1.29, 1.82) is 0 Å². The lowest BCUT2D eigenvalue weighted by Gasteiger charge is -2.11. The molecule has 0 bridgehead atoms. The third-order valence-electron chi connectivity index (χ3n) is 2.99. The highest BCUT2D eigenvalue weighted by molar-refractivity contribution is 7.90. The molecule has 2 fully saturated rings. The lowest BCUT2D eigenvalue weighted by atomic mass is 10.1. The monoisotopic (exact) mass is 203 g/mol. The summed E-state index contributed by atoms with van der Waals surface area (Å²) in [5.74, 6) is 0.687. The molecule has 2 rings (SSSR count). The maximum Gasteiger partial charge on any atom is 0.214 e. The van der Waals surface area contributed by atoms with Crippen LogP contribution < -0.4 is 4.72 Å². The Bertz CT molecular complexity index is 282. The van der Waals surface area contributed by atoms with E-state index in [1.807, 2.05) is 0 Å². The minimum absolute atomic E-state index is 0.0663. The second-order valence-electron chi connectivity index (χ2n) is 4.48. The van der Waals surface area contributed by atoms with Crippen molar-refractivity contribution in [3.63, 3.8) is 0 Å². The first-order valence-corrected chi connectivity index (χ1v) is 6.63. The van der Waals surface area contributed by atoms with Gasteiger partial charge in [0.2, 0.25) is 10.0 Å². The SMILES string of the molecule is CC1CCC(NS(=O)(=O)C2CC2)C1. The van der Waals surface area contributed by atoms with Crippen molar-refractivity contribution < 1.29 is 8.42 Å². The van der Waals surface area contributed by atoms with Crippen molar-refractivity contribution >= 4 is 10.0 Å². The molecule has 0 aliphatic heterocycles. The van der Waals surface area contributed by atoms with E-state index in [-0.39, 0.29) is 11.3 Å². The molecule has 0 heterocycles. The highest BCUT2D eigenvalue weighted by Crippen LogP contribution is 2.30. The number of nitrogens with one attached hydrogen (secondary N) is 1. The minimum Gasteiger partial charge on any atom is -0.212 e. The van der Waals surface area contributed by atoms with Gasteiger partial charge in [-0.1, -0.05) is 6.92 Å². The summed E-state index contributed by atoms with van der Waals surface area (Å²) in [5.41, 5.74) is 0. The van der Waals surface area contributed by atoms with Crippen molar-refractivity contribution in [1.82, 2.24) is 4.72 Å². The minimum atomic E-state index is -2.94. The molecule has 0 saturated heterocycles. The number of rotatable bonds is 3. The number of hydrogen-bond acceptors (Lipinski definition) is 2. The van der Waals surface area contributed by atoms with Crippen molar-refractivity contribution in [3.8, 4) is 0 Å². The first-order valence-electron chi connectivity index (χ1n) is 5.09. The van der Waals surface area contributed by atoms with Gasteiger partial charge >= 0.3 is 0 Å². The molecule has 2 unspecified atom stereocenters. The van der Waals surface area contributed by atoms with Gasteiger partial charge in [-0.3, -0.25) is 0 Å². The second kappa shape index (κ2) is 3.24. The summed E-state index contributed by atoms with van der Waals surface area (Å²) in [4.78, 5) is 0. The molecule has 0 spiro atoms. The van der Waals surface area contributed by atoms with Crippen LogP contribution in [0.15, 0.2) is 0 Å². The fraction of sp³-hybridized carbons (Fsp3) is 1.00. The fourth-order valence-corrected chi connectivity index (χ4v) is 3.65. The summed E-state index contributed by atoms with van der Waals surface area (Å²) in [6.45, 7) is 2.19. The molecule has 0 aromatic heterocycles. The van der Waals surface area contributed by atoms with E-state index in [9.17, 15) is 8.42 Å². The van der Waals surface area contributed by atoms with E-state index in [1.54, 1.807) is 0 Å². The molecule has 0 aromatic rings. The van der Waals surface area contributed by atoms with Crippen LogP contribution in [0.2, 0.25) is 0 Å². The highest BCUT2D eigenvalue weighted by atomic mass is 32.2. The van der Waals surface area contributed by atoms with Gasteiger partial charge in [0.15, 0.2) is 0 Å². The molecule has 13 heavy (non-hydrogen) atoms. The van der Waals surface area contributed by atoms with E-state index in [1.165, 1.54) is 0 Å². The van der Waals surface area contributed by atoms with Gasteiger partial charge in [0.25, 0.3) is 0 Å². The molecule has 3 nitrogen and oxygen atoms in total. The van der Waals surface area contributed by atoms with E-state index in [0.29, 0.717) is 5.92 Å². The van der Waals surface area contributed by atoms with Crippen molar-refractivity contribution in [2.45, 2.75) is 50.3 Å². The zero-order valence-electron chi connectivity index (χ0n) is 7.99. The Morgan fingerprint density at radius 3 is 2.31 bits per heavy atom. The van der Waals surface area contributed by atoms with Crippen LogP contribution in [0.5, 0.6) is 0 Å². The summed E-state index contributed by atoms with van der Waals surface area (Å²) in [7, 11) is -2.94. The van der Waals surface area contributed by atoms with Crippen LogP contribution in [0.3, 0.4) is 0 Å². The molecule has 1 N–H and O–H groups in total. The Kier molecular flexibility index (Phi) is 2.36. The molecule has 0 aromatic carbocycles. The summed E-state index contributed by atoms with van der Waals surface area (Å²) in [5, 5.41) is -0.0663. The van der Waals surface area contributed by atoms with E-state index in [4.69, 9.17) is 0 Å². The Labute approximate surface area is 80.0 Å². The Morgan fingerprint density at radius 2 is 1.85 bits per heavy atom. The van der Waals surface area contributed by atoms with Gasteiger partial charge in [0.05, 0.1) is 5.25 Å². The molecule has 2 atom stereocenters. The largest absolute Gasteiger partial charge is 0.214 e. The molecular formula is C9H17NO2S. The summed E-state index contributed by atoms with van der Waals surface area (Å²) in [6, 6.07) is 0.223. The number of sulfonamides is 1. The van der Waals surface area contributed by atoms with Crippen LogP contribution in [-0.4, -0.2) is 19.7 Å². The average Bonchev–Trinajstić information content (AvgIpc) is 2.78. The molecule has 2 saturated carbocycles. The molecule has 2 aliphatic carbocycles. The quantitative estimate of drug-likeness (QED) is 0.750. The van der Waals surface area contributed by atoms with Gasteiger partial charge < -0.3 is 0 Å². The molecule has 76 valence electrons. The zero-order chi connectivity index (χ0) is 9.47. The van der Waals surface area contributed by atoms with Gasteiger partial charge in [-0.05, 0) is 38.0 Å². The van der Waals surface area contributed by atoms with E-state index < -0.39 is 10.0 Å². The maximum absolute atomic E-state index is 11.5. The molecular weight excluding hydrogens is 186 g/mol. The van der Waals surface area contributed by atoms with E-state index >= 15 is 0 Å². The van der Waals surface area contributed by atoms with Crippen LogP contribution in [0.4, 0.5) is 0 Å². The Hall–Kier alpha value is -0.0900. The smallest absolute Gasteiger partial charge is 0.212 e. The number of hydrogen-bond donors (Lipinski definition) is 1. The summed E-state index contributed by atoms with van der Waals surface area (Å²) < 4.78 is 25.9. The lowest BCUT2D eigenvalue weighted by molar-refractivity contribution is 0.537. The second-order valence-corrected chi connectivity index (χ2v) is 6.47. The van der Waals surface area contributed by atoms with E-state index in [2.05, 4.69) is 11.6 Å². The lowest BCUT2D eigenvalue weighted by Crippen LogP contribution is -2.35. The molecule has 0 amide bonds. The average molecular weight is 203 g/mol. The predicted octanol–water partition coefficient (Wildman–Crippen LogP) is 1.26. The van der Waals surface area contributed by atoms with Crippen LogP contribution >= 0.6 is 0 Å². The predicted molar refractivity (Wildman–Crippen MR) is 51.9 cm³/mol. The van der Waals surface area contributed by atoms with E-state index in [0.717, 1.165) is 32.1 Å². The third-order valence-corrected chi connectivity index (χ3v) is 5.00. The van der Waals surface area contributed by atoms with Gasteiger partial charge in [-0.2, -0.15) is 0 Å². The first-order chi connectivity index (χ1) is 6.08. The van der Waals surface area contributed by atoms with Crippen molar-refractivity contribution in [2.75, 3.05) is 0 Å². The summed E-state index contributed by atoms with van der Waals surface area (Å²) >= 11 is 0. The molecule has 0 radical (unpaired) electrons. The van der Waals surface area contributed by atoms with Crippen molar-refractivity contribution in [2.24, 2.45) is 5.92 Å². The van der Waals surface area contributed by atoms with Crippen LogP contribution in [0.1, 0.15) is 39.0 Å². The first kappa shape index (κ1) is 9.46. The zero-order valence-corrected chi connectivity index (χ0v) is 8.81. The van der Waals surface area contributed by atoms with Crippen LogP contribution in [-0.2, 0) is 10.0 Å². The van der Waals surface area contributed by atoms with Gasteiger partial charge in [0, 0.05) is 6.04 Å². The van der Waals surface area contributed by atoms with Gasteiger partial charge in [-0.25, -0.2) is 13.1 Å². The van der Waals surface area contributed by atoms with Gasteiger partial charge in [-0.15, -0.1) is 0 Å². The maximum atomic E-state index is 11.5. The highest BCUT2D eigenvalue weighted by Gasteiger charge is 2.37. The Balaban J connectivity index is 1.90. The standard InChI is InChI=1S/C9H17NO2S/c1-7-2-3-8(6-7)10-13(11,12)9-4-5-9/h7-10H,2-6H2,1H3. The third kappa shape index (κ3) is 2.23.